The molecule has 0 aliphatic carbocycles. The Balaban J connectivity index is 1.64. The Morgan fingerprint density at radius 1 is 0.973 bits per heavy atom. The van der Waals surface area contributed by atoms with E-state index in [2.05, 4.69) is 25.5 Å². The highest BCUT2D eigenvalue weighted by Crippen LogP contribution is 2.29. The van der Waals surface area contributed by atoms with Crippen LogP contribution < -0.4 is 16.7 Å². The number of anilines is 2. The van der Waals surface area contributed by atoms with Gasteiger partial charge in [-0.2, -0.15) is 15.2 Å². The quantitative estimate of drug-likeness (QED) is 0.360. The number of nitrogens with one attached hydrogen (secondary N) is 1. The maximum absolute atomic E-state index is 14.7. The van der Waals surface area contributed by atoms with Gasteiger partial charge in [0.2, 0.25) is 5.95 Å². The predicted molar refractivity (Wildman–Crippen MR) is 132 cm³/mol. The van der Waals surface area contributed by atoms with Crippen molar-refractivity contribution in [2.75, 3.05) is 5.32 Å². The molecule has 14 heteroatoms. The third kappa shape index (κ3) is 4.72. The summed E-state index contributed by atoms with van der Waals surface area (Å²) < 4.78 is 33.5. The molecule has 37 heavy (non-hydrogen) atoms. The summed E-state index contributed by atoms with van der Waals surface area (Å²) in [5.41, 5.74) is -0.447. The van der Waals surface area contributed by atoms with E-state index in [9.17, 15) is 18.4 Å². The third-order valence-corrected chi connectivity index (χ3v) is 6.02. The van der Waals surface area contributed by atoms with Gasteiger partial charge in [0.25, 0.3) is 0 Å². The van der Waals surface area contributed by atoms with Gasteiger partial charge in [-0.3, -0.25) is 13.9 Å². The Bertz CT molecular complexity index is 1790. The highest BCUT2D eigenvalue weighted by molar-refractivity contribution is 6.34. The first-order valence-corrected chi connectivity index (χ1v) is 11.4. The summed E-state index contributed by atoms with van der Waals surface area (Å²) in [5.74, 6) is -1.52. The fourth-order valence-electron chi connectivity index (χ4n) is 3.89. The van der Waals surface area contributed by atoms with Crippen molar-refractivity contribution in [3.05, 3.63) is 91.4 Å². The van der Waals surface area contributed by atoms with Crippen molar-refractivity contribution < 1.29 is 8.78 Å². The average molecular weight is 528 g/mol. The maximum atomic E-state index is 14.7. The van der Waals surface area contributed by atoms with E-state index in [1.54, 1.807) is 37.1 Å². The summed E-state index contributed by atoms with van der Waals surface area (Å²) in [6.45, 7) is 0.887. The molecule has 0 atom stereocenters. The van der Waals surface area contributed by atoms with E-state index in [1.165, 1.54) is 24.0 Å². The fraction of sp³-hybridized carbons (Fsp3) is 0.217. The Kier molecular flexibility index (Phi) is 6.07. The van der Waals surface area contributed by atoms with Crippen molar-refractivity contribution in [1.29, 1.82) is 0 Å². The van der Waals surface area contributed by atoms with Crippen LogP contribution in [0.15, 0.2) is 46.4 Å². The Morgan fingerprint density at radius 3 is 2.49 bits per heavy atom. The zero-order chi connectivity index (χ0) is 26.4. The number of hydrogen-bond acceptors (Lipinski definition) is 7. The topological polar surface area (TPSA) is 117 Å². The number of rotatable bonds is 6. The van der Waals surface area contributed by atoms with Gasteiger partial charge >= 0.3 is 11.4 Å². The van der Waals surface area contributed by atoms with Crippen LogP contribution in [0.5, 0.6) is 0 Å². The van der Waals surface area contributed by atoms with Gasteiger partial charge in [-0.05, 0) is 30.7 Å². The van der Waals surface area contributed by atoms with E-state index in [0.29, 0.717) is 11.2 Å². The van der Waals surface area contributed by atoms with Gasteiger partial charge in [-0.1, -0.05) is 11.6 Å². The van der Waals surface area contributed by atoms with Crippen LogP contribution in [0.2, 0.25) is 5.02 Å². The summed E-state index contributed by atoms with van der Waals surface area (Å²) in [7, 11) is 3.40. The molecule has 0 saturated heterocycles. The molecule has 0 aliphatic heterocycles. The van der Waals surface area contributed by atoms with Crippen molar-refractivity contribution in [2.45, 2.75) is 20.0 Å². The van der Waals surface area contributed by atoms with Crippen molar-refractivity contribution >= 4 is 34.1 Å². The molecule has 0 bridgehead atoms. The summed E-state index contributed by atoms with van der Waals surface area (Å²) in [6, 6.07) is 5.36. The smallest absolute Gasteiger partial charge is 0.324 e. The molecule has 0 aliphatic rings. The summed E-state index contributed by atoms with van der Waals surface area (Å²) in [5, 5.41) is 12.3. The average Bonchev–Trinajstić information content (AvgIpc) is 3.40. The molecule has 0 saturated carbocycles. The van der Waals surface area contributed by atoms with E-state index in [4.69, 9.17) is 11.6 Å². The molecule has 5 rings (SSSR count). The fourth-order valence-corrected chi connectivity index (χ4v) is 4.10. The van der Waals surface area contributed by atoms with Crippen LogP contribution in [0.1, 0.15) is 17.0 Å². The van der Waals surface area contributed by atoms with E-state index in [1.807, 2.05) is 0 Å². The summed E-state index contributed by atoms with van der Waals surface area (Å²) in [6.07, 6.45) is 3.20. The molecule has 11 nitrogen and oxygen atoms in total. The highest BCUT2D eigenvalue weighted by Gasteiger charge is 2.19. The number of hydrogen-bond donors (Lipinski definition) is 1. The van der Waals surface area contributed by atoms with E-state index < -0.39 is 23.0 Å². The number of aromatic nitrogens is 8. The van der Waals surface area contributed by atoms with Gasteiger partial charge < -0.3 is 5.32 Å². The molecule has 2 aromatic carbocycles. The largest absolute Gasteiger partial charge is 0.355 e. The molecule has 190 valence electrons. The lowest BCUT2D eigenvalue weighted by atomic mass is 10.1. The molecule has 0 radical (unpaired) electrons. The first-order valence-electron chi connectivity index (χ1n) is 11.0. The van der Waals surface area contributed by atoms with Crippen molar-refractivity contribution in [3.8, 4) is 0 Å². The van der Waals surface area contributed by atoms with Gasteiger partial charge in [0, 0.05) is 37.3 Å². The minimum absolute atomic E-state index is 0.0285. The second-order valence-corrected chi connectivity index (χ2v) is 8.93. The van der Waals surface area contributed by atoms with Gasteiger partial charge in [0.05, 0.1) is 29.3 Å². The first-order chi connectivity index (χ1) is 17.6. The van der Waals surface area contributed by atoms with Gasteiger partial charge in [0.15, 0.2) is 5.82 Å². The zero-order valence-corrected chi connectivity index (χ0v) is 20.7. The zero-order valence-electron chi connectivity index (χ0n) is 19.9. The molecular weight excluding hydrogens is 508 g/mol. The minimum atomic E-state index is -0.870. The third-order valence-electron chi connectivity index (χ3n) is 5.71. The predicted octanol–water partition coefficient (Wildman–Crippen LogP) is 2.50. The molecule has 0 amide bonds. The minimum Gasteiger partial charge on any atom is -0.324 e. The Labute approximate surface area is 212 Å². The monoisotopic (exact) mass is 527 g/mol. The number of halogens is 3. The number of aryl methyl sites for hydroxylation is 3. The van der Waals surface area contributed by atoms with E-state index in [0.717, 1.165) is 20.6 Å². The summed E-state index contributed by atoms with van der Waals surface area (Å²) >= 11 is 6.43. The lowest BCUT2D eigenvalue weighted by Crippen LogP contribution is -2.43. The molecule has 0 unspecified atom stereocenters. The van der Waals surface area contributed by atoms with Gasteiger partial charge in [-0.25, -0.2) is 27.9 Å². The molecule has 1 N–H and O–H groups in total. The SMILES string of the molecule is Cc1cc(Cn2c(Nc3cc4cn(C)nc4cc3Cl)nc(=O)n(Cc3ncn(C)n3)c2=O)c(F)cc1F. The molecule has 3 heterocycles. The van der Waals surface area contributed by atoms with Crippen molar-refractivity contribution in [1.82, 2.24) is 38.7 Å². The number of benzene rings is 2. The summed E-state index contributed by atoms with van der Waals surface area (Å²) in [4.78, 5) is 34.5. The van der Waals surface area contributed by atoms with E-state index >= 15 is 0 Å². The maximum Gasteiger partial charge on any atom is 0.355 e. The first kappa shape index (κ1) is 24.3. The van der Waals surface area contributed by atoms with Crippen LogP contribution in [-0.4, -0.2) is 38.7 Å². The molecule has 3 aromatic heterocycles. The van der Waals surface area contributed by atoms with E-state index in [-0.39, 0.29) is 41.0 Å². The van der Waals surface area contributed by atoms with Crippen LogP contribution in [0.3, 0.4) is 0 Å². The van der Waals surface area contributed by atoms with Crippen LogP contribution in [0, 0.1) is 18.6 Å². The van der Waals surface area contributed by atoms with Crippen molar-refractivity contribution in [2.24, 2.45) is 14.1 Å². The molecule has 0 fully saturated rings. The molecule has 0 spiro atoms. The van der Waals surface area contributed by atoms with Gasteiger partial charge in [-0.15, -0.1) is 0 Å². The van der Waals surface area contributed by atoms with Crippen LogP contribution in [0.4, 0.5) is 20.4 Å². The Hall–Kier alpha value is -4.39. The van der Waals surface area contributed by atoms with Crippen LogP contribution in [0.25, 0.3) is 10.9 Å². The van der Waals surface area contributed by atoms with Gasteiger partial charge in [0.1, 0.15) is 18.0 Å². The Morgan fingerprint density at radius 2 is 1.76 bits per heavy atom. The lowest BCUT2D eigenvalue weighted by Gasteiger charge is -2.16. The highest BCUT2D eigenvalue weighted by atomic mass is 35.5. The van der Waals surface area contributed by atoms with Crippen molar-refractivity contribution in [3.63, 3.8) is 0 Å². The number of fused-ring (bicyclic) bond motifs is 1. The molecular formula is C23H20ClF2N9O2. The normalized spacial score (nSPS) is 11.4. The second kappa shape index (κ2) is 9.24. The van der Waals surface area contributed by atoms with Crippen LogP contribution in [-0.2, 0) is 27.2 Å². The molecule has 5 aromatic rings. The number of nitrogens with zero attached hydrogens (tertiary/aromatic N) is 8. The second-order valence-electron chi connectivity index (χ2n) is 8.52. The lowest BCUT2D eigenvalue weighted by molar-refractivity contribution is 0.541. The standard InChI is InChI=1S/C23H20ClF2N9O2/c1-12-4-13(17(26)7-16(12)25)9-34-21(28-19-5-14-8-32(2)30-18(14)6-15(19)24)29-22(36)35(23(34)37)10-20-27-11-33(3)31-20/h4-8,11H,9-10H2,1-3H3,(H,28,29,36). The van der Waals surface area contributed by atoms with Crippen LogP contribution >= 0.6 is 11.6 Å².